The van der Waals surface area contributed by atoms with Gasteiger partial charge in [0.1, 0.15) is 5.82 Å². The molecule has 0 atom stereocenters. The number of fused-ring (bicyclic) bond motifs is 1. The van der Waals surface area contributed by atoms with Crippen LogP contribution in [0.1, 0.15) is 16.8 Å². The fourth-order valence-corrected chi connectivity index (χ4v) is 3.66. The molecule has 4 rings (SSSR count). The van der Waals surface area contributed by atoms with E-state index in [0.29, 0.717) is 27.5 Å². The van der Waals surface area contributed by atoms with Gasteiger partial charge in [-0.25, -0.2) is 4.98 Å². The lowest BCUT2D eigenvalue weighted by Gasteiger charge is -2.29. The minimum atomic E-state index is 0.558. The quantitative estimate of drug-likeness (QED) is 0.656. The van der Waals surface area contributed by atoms with E-state index in [2.05, 4.69) is 39.5 Å². The third-order valence-electron chi connectivity index (χ3n) is 4.47. The van der Waals surface area contributed by atoms with E-state index in [9.17, 15) is 0 Å². The van der Waals surface area contributed by atoms with Crippen molar-refractivity contribution in [1.82, 2.24) is 9.97 Å². The minimum absolute atomic E-state index is 0.558. The van der Waals surface area contributed by atoms with Gasteiger partial charge in [0.05, 0.1) is 15.7 Å². The fourth-order valence-electron chi connectivity index (χ4n) is 3.17. The Hall–Kier alpha value is -2.30. The van der Waals surface area contributed by atoms with Gasteiger partial charge < -0.3 is 10.2 Å². The monoisotopic (exact) mass is 384 g/mol. The third-order valence-corrected chi connectivity index (χ3v) is 5.10. The summed E-state index contributed by atoms with van der Waals surface area (Å²) in [4.78, 5) is 11.5. The Morgan fingerprint density at radius 3 is 2.46 bits per heavy atom. The van der Waals surface area contributed by atoms with E-state index in [0.717, 1.165) is 25.2 Å². The highest BCUT2D eigenvalue weighted by molar-refractivity contribution is 6.39. The first kappa shape index (κ1) is 17.1. The Balaban J connectivity index is 1.63. The summed E-state index contributed by atoms with van der Waals surface area (Å²) in [6.45, 7) is 3.67. The van der Waals surface area contributed by atoms with Crippen LogP contribution in [0, 0.1) is 6.92 Å². The minimum Gasteiger partial charge on any atom is -0.338 e. The zero-order valence-electron chi connectivity index (χ0n) is 14.3. The molecule has 0 amide bonds. The van der Waals surface area contributed by atoms with Crippen molar-refractivity contribution < 1.29 is 0 Å². The Bertz CT molecular complexity index is 938. The van der Waals surface area contributed by atoms with Crippen molar-refractivity contribution in [3.8, 4) is 0 Å². The second-order valence-electron chi connectivity index (χ2n) is 6.36. The first-order valence-corrected chi connectivity index (χ1v) is 9.24. The number of nitrogens with zero attached hydrogens (tertiary/aromatic N) is 3. The van der Waals surface area contributed by atoms with Crippen LogP contribution < -0.4 is 10.2 Å². The molecule has 0 unspecified atom stereocenters. The molecule has 0 aliphatic carbocycles. The Morgan fingerprint density at radius 2 is 1.69 bits per heavy atom. The lowest BCUT2D eigenvalue weighted by Crippen LogP contribution is -2.32. The summed E-state index contributed by atoms with van der Waals surface area (Å²) in [6, 6.07) is 15.8. The largest absolute Gasteiger partial charge is 0.338 e. The summed E-state index contributed by atoms with van der Waals surface area (Å²) in [5.41, 5.74) is 4.27. The molecule has 26 heavy (non-hydrogen) atoms. The van der Waals surface area contributed by atoms with Gasteiger partial charge in [0.2, 0.25) is 5.95 Å². The molecular formula is C20H18Cl2N4. The average Bonchev–Trinajstić information content (AvgIpc) is 2.64. The fraction of sp³-hybridized carbons (Fsp3) is 0.200. The van der Waals surface area contributed by atoms with E-state index in [1.165, 1.54) is 11.1 Å². The first-order valence-electron chi connectivity index (χ1n) is 8.48. The summed E-state index contributed by atoms with van der Waals surface area (Å²) in [5.74, 6) is 1.39. The van der Waals surface area contributed by atoms with Gasteiger partial charge in [-0.1, -0.05) is 53.5 Å². The van der Waals surface area contributed by atoms with Gasteiger partial charge in [0, 0.05) is 24.8 Å². The molecule has 132 valence electrons. The van der Waals surface area contributed by atoms with Crippen LogP contribution in [0.25, 0.3) is 0 Å². The number of halogens is 2. The third kappa shape index (κ3) is 3.48. The van der Waals surface area contributed by atoms with Crippen molar-refractivity contribution in [2.24, 2.45) is 0 Å². The molecule has 0 saturated carbocycles. The number of nitrogens with one attached hydrogen (secondary N) is 1. The summed E-state index contributed by atoms with van der Waals surface area (Å²) in [5, 5.41) is 4.35. The van der Waals surface area contributed by atoms with Crippen LogP contribution in [0.5, 0.6) is 0 Å². The molecule has 2 aromatic carbocycles. The molecule has 1 aliphatic heterocycles. The van der Waals surface area contributed by atoms with Gasteiger partial charge in [-0.15, -0.1) is 0 Å². The van der Waals surface area contributed by atoms with Crippen LogP contribution in [0.3, 0.4) is 0 Å². The first-order chi connectivity index (χ1) is 12.6. The number of aryl methyl sites for hydroxylation is 1. The summed E-state index contributed by atoms with van der Waals surface area (Å²) >= 11 is 12.5. The molecule has 0 fully saturated rings. The van der Waals surface area contributed by atoms with Gasteiger partial charge in [-0.2, -0.15) is 4.98 Å². The normalized spacial score (nSPS) is 13.4. The van der Waals surface area contributed by atoms with Crippen LogP contribution in [-0.4, -0.2) is 16.5 Å². The second kappa shape index (κ2) is 7.14. The summed E-state index contributed by atoms with van der Waals surface area (Å²) in [6.07, 6.45) is 0.993. The topological polar surface area (TPSA) is 41.1 Å². The van der Waals surface area contributed by atoms with E-state index in [4.69, 9.17) is 28.2 Å². The van der Waals surface area contributed by atoms with Crippen LogP contribution in [-0.2, 0) is 13.0 Å². The predicted molar refractivity (Wildman–Crippen MR) is 108 cm³/mol. The number of rotatable bonds is 3. The number of para-hydroxylation sites is 1. The lowest BCUT2D eigenvalue weighted by molar-refractivity contribution is 0.706. The molecule has 3 aromatic rings. The number of hydrogen-bond acceptors (Lipinski definition) is 4. The molecule has 2 heterocycles. The maximum atomic E-state index is 6.26. The lowest BCUT2D eigenvalue weighted by atomic mass is 10.0. The standard InChI is InChI=1S/C20H18Cl2N4/c1-13-11-18(24-19-16(21)7-4-8-17(19)22)25-20(23-13)26-10-9-14-5-2-3-6-15(14)12-26/h2-8,11H,9-10,12H2,1H3,(H,23,24,25). The molecule has 1 aliphatic rings. The van der Waals surface area contributed by atoms with Gasteiger partial charge in [-0.05, 0) is 36.6 Å². The highest BCUT2D eigenvalue weighted by Crippen LogP contribution is 2.32. The van der Waals surface area contributed by atoms with Crippen LogP contribution in [0.2, 0.25) is 10.0 Å². The molecule has 0 spiro atoms. The van der Waals surface area contributed by atoms with E-state index in [1.54, 1.807) is 12.1 Å². The zero-order chi connectivity index (χ0) is 18.1. The Morgan fingerprint density at radius 1 is 0.962 bits per heavy atom. The van der Waals surface area contributed by atoms with E-state index >= 15 is 0 Å². The molecule has 4 nitrogen and oxygen atoms in total. The van der Waals surface area contributed by atoms with Gasteiger partial charge in [0.15, 0.2) is 0 Å². The van der Waals surface area contributed by atoms with Crippen LogP contribution in [0.4, 0.5) is 17.5 Å². The van der Waals surface area contributed by atoms with E-state index < -0.39 is 0 Å². The number of benzene rings is 2. The maximum absolute atomic E-state index is 6.26. The van der Waals surface area contributed by atoms with E-state index in [-0.39, 0.29) is 0 Å². The van der Waals surface area contributed by atoms with Gasteiger partial charge >= 0.3 is 0 Å². The van der Waals surface area contributed by atoms with Crippen molar-refractivity contribution >= 4 is 40.7 Å². The van der Waals surface area contributed by atoms with Crippen molar-refractivity contribution in [2.75, 3.05) is 16.8 Å². The highest BCUT2D eigenvalue weighted by Gasteiger charge is 2.19. The van der Waals surface area contributed by atoms with Crippen LogP contribution in [0.15, 0.2) is 48.5 Å². The second-order valence-corrected chi connectivity index (χ2v) is 7.17. The zero-order valence-corrected chi connectivity index (χ0v) is 15.8. The van der Waals surface area contributed by atoms with Crippen molar-refractivity contribution in [3.63, 3.8) is 0 Å². The predicted octanol–water partition coefficient (Wildman–Crippen LogP) is 5.40. The Labute approximate surface area is 162 Å². The van der Waals surface area contributed by atoms with Gasteiger partial charge in [-0.3, -0.25) is 0 Å². The maximum Gasteiger partial charge on any atom is 0.227 e. The van der Waals surface area contributed by atoms with Crippen molar-refractivity contribution in [1.29, 1.82) is 0 Å². The molecule has 1 aromatic heterocycles. The van der Waals surface area contributed by atoms with Crippen molar-refractivity contribution in [2.45, 2.75) is 19.9 Å². The molecule has 0 radical (unpaired) electrons. The highest BCUT2D eigenvalue weighted by atomic mass is 35.5. The van der Waals surface area contributed by atoms with Crippen molar-refractivity contribution in [3.05, 3.63) is 75.4 Å². The Kier molecular flexibility index (Phi) is 4.70. The smallest absolute Gasteiger partial charge is 0.227 e. The molecule has 0 bridgehead atoms. The molecule has 1 N–H and O–H groups in total. The SMILES string of the molecule is Cc1cc(Nc2c(Cl)cccc2Cl)nc(N2CCc3ccccc3C2)n1. The van der Waals surface area contributed by atoms with E-state index in [1.807, 2.05) is 19.1 Å². The summed E-state index contributed by atoms with van der Waals surface area (Å²) in [7, 11) is 0. The molecule has 6 heteroatoms. The average molecular weight is 385 g/mol. The van der Waals surface area contributed by atoms with Crippen LogP contribution >= 0.6 is 23.2 Å². The summed E-state index contributed by atoms with van der Waals surface area (Å²) < 4.78 is 0. The number of aromatic nitrogens is 2. The number of hydrogen-bond donors (Lipinski definition) is 1. The molecular weight excluding hydrogens is 367 g/mol. The van der Waals surface area contributed by atoms with Gasteiger partial charge in [0.25, 0.3) is 0 Å². The molecule has 0 saturated heterocycles. The number of anilines is 3.